The van der Waals surface area contributed by atoms with E-state index in [0.717, 1.165) is 22.0 Å². The molecule has 1 aromatic rings. The lowest BCUT2D eigenvalue weighted by atomic mass is 10.2. The zero-order valence-electron chi connectivity index (χ0n) is 14.7. The summed E-state index contributed by atoms with van der Waals surface area (Å²) in [5.41, 5.74) is 1.00. The summed E-state index contributed by atoms with van der Waals surface area (Å²) in [7, 11) is -1.80. The van der Waals surface area contributed by atoms with Crippen LogP contribution in [0.4, 0.5) is 5.69 Å². The second-order valence-corrected chi connectivity index (χ2v) is 7.87. The number of ether oxygens (including phenoxy) is 1. The molecule has 0 aromatic heterocycles. The van der Waals surface area contributed by atoms with Crippen LogP contribution in [0.2, 0.25) is 0 Å². The zero-order chi connectivity index (χ0) is 18.4. The van der Waals surface area contributed by atoms with Crippen LogP contribution in [-0.4, -0.2) is 76.2 Å². The first kappa shape index (κ1) is 19.3. The molecular formula is C17H25N3O4S. The number of carbonyl (C=O) groups excluding carboxylic acids is 1. The largest absolute Gasteiger partial charge is 0.495 e. The molecule has 7 nitrogen and oxygen atoms in total. The number of hydrogen-bond donors (Lipinski definition) is 0. The Morgan fingerprint density at radius 3 is 2.48 bits per heavy atom. The van der Waals surface area contributed by atoms with Gasteiger partial charge in [-0.05, 0) is 12.1 Å². The first-order chi connectivity index (χ1) is 11.9. The van der Waals surface area contributed by atoms with Crippen molar-refractivity contribution in [1.29, 1.82) is 0 Å². The van der Waals surface area contributed by atoms with Gasteiger partial charge in [-0.1, -0.05) is 18.2 Å². The van der Waals surface area contributed by atoms with Crippen molar-refractivity contribution in [2.75, 3.05) is 57.5 Å². The molecule has 138 valence electrons. The third kappa shape index (κ3) is 4.96. The number of sulfonamides is 1. The molecule has 0 bridgehead atoms. The van der Waals surface area contributed by atoms with Crippen LogP contribution in [-0.2, 0) is 14.8 Å². The molecular weight excluding hydrogens is 342 g/mol. The number of rotatable bonds is 7. The highest BCUT2D eigenvalue weighted by molar-refractivity contribution is 7.88. The molecule has 1 fully saturated rings. The molecule has 0 unspecified atom stereocenters. The molecule has 0 atom stereocenters. The molecule has 0 saturated carbocycles. The Morgan fingerprint density at radius 2 is 1.92 bits per heavy atom. The predicted octanol–water partition coefficient (Wildman–Crippen LogP) is 0.791. The highest BCUT2D eigenvalue weighted by Gasteiger charge is 2.26. The first-order valence-electron chi connectivity index (χ1n) is 8.08. The molecule has 1 heterocycles. The molecule has 25 heavy (non-hydrogen) atoms. The van der Waals surface area contributed by atoms with E-state index >= 15 is 0 Å². The monoisotopic (exact) mass is 367 g/mol. The van der Waals surface area contributed by atoms with Crippen molar-refractivity contribution in [3.63, 3.8) is 0 Å². The van der Waals surface area contributed by atoms with Crippen LogP contribution in [0.3, 0.4) is 0 Å². The number of amides is 1. The van der Waals surface area contributed by atoms with E-state index in [0.29, 0.717) is 26.2 Å². The predicted molar refractivity (Wildman–Crippen MR) is 98.4 cm³/mol. The van der Waals surface area contributed by atoms with Gasteiger partial charge in [-0.3, -0.25) is 4.79 Å². The Hall–Kier alpha value is -2.06. The van der Waals surface area contributed by atoms with Gasteiger partial charge < -0.3 is 14.5 Å². The fourth-order valence-corrected chi connectivity index (χ4v) is 3.52. The van der Waals surface area contributed by atoms with Crippen molar-refractivity contribution in [2.45, 2.75) is 0 Å². The second kappa shape index (κ2) is 8.35. The van der Waals surface area contributed by atoms with E-state index in [9.17, 15) is 13.2 Å². The van der Waals surface area contributed by atoms with Gasteiger partial charge >= 0.3 is 0 Å². The molecule has 0 N–H and O–H groups in total. The fourth-order valence-electron chi connectivity index (χ4n) is 2.80. The van der Waals surface area contributed by atoms with Crippen LogP contribution < -0.4 is 9.64 Å². The number of benzene rings is 1. The van der Waals surface area contributed by atoms with Crippen molar-refractivity contribution in [1.82, 2.24) is 9.21 Å². The minimum absolute atomic E-state index is 0.131. The molecule has 0 radical (unpaired) electrons. The van der Waals surface area contributed by atoms with Crippen LogP contribution in [0.1, 0.15) is 0 Å². The Labute approximate surface area is 149 Å². The van der Waals surface area contributed by atoms with E-state index in [2.05, 4.69) is 11.5 Å². The number of hydrogen-bond acceptors (Lipinski definition) is 5. The maximum Gasteiger partial charge on any atom is 0.238 e. The van der Waals surface area contributed by atoms with Gasteiger partial charge in [-0.25, -0.2) is 8.42 Å². The summed E-state index contributed by atoms with van der Waals surface area (Å²) >= 11 is 0. The van der Waals surface area contributed by atoms with Gasteiger partial charge in [0.2, 0.25) is 15.9 Å². The van der Waals surface area contributed by atoms with E-state index in [4.69, 9.17) is 4.74 Å². The van der Waals surface area contributed by atoms with Gasteiger partial charge in [0.15, 0.2) is 0 Å². The number of para-hydroxylation sites is 2. The molecule has 1 saturated heterocycles. The lowest BCUT2D eigenvalue weighted by Crippen LogP contribution is -2.51. The lowest BCUT2D eigenvalue weighted by molar-refractivity contribution is -0.131. The average molecular weight is 367 g/mol. The van der Waals surface area contributed by atoms with E-state index < -0.39 is 10.0 Å². The third-order valence-electron chi connectivity index (χ3n) is 4.17. The summed E-state index contributed by atoms with van der Waals surface area (Å²) in [6.45, 7) is 5.96. The lowest BCUT2D eigenvalue weighted by Gasteiger charge is -2.37. The van der Waals surface area contributed by atoms with Gasteiger partial charge in [0.25, 0.3) is 0 Å². The minimum atomic E-state index is -3.44. The van der Waals surface area contributed by atoms with Crippen molar-refractivity contribution in [3.05, 3.63) is 36.9 Å². The van der Waals surface area contributed by atoms with E-state index in [1.165, 1.54) is 6.08 Å². The molecule has 0 spiro atoms. The second-order valence-electron chi connectivity index (χ2n) is 5.88. The highest BCUT2D eigenvalue weighted by Crippen LogP contribution is 2.28. The summed E-state index contributed by atoms with van der Waals surface area (Å²) in [4.78, 5) is 16.3. The molecule has 1 aliphatic rings. The Bertz CT molecular complexity index is 712. The summed E-state index contributed by atoms with van der Waals surface area (Å²) < 4.78 is 30.0. The van der Waals surface area contributed by atoms with Gasteiger partial charge in [-0.2, -0.15) is 4.31 Å². The van der Waals surface area contributed by atoms with Crippen molar-refractivity contribution < 1.29 is 17.9 Å². The topological polar surface area (TPSA) is 70.2 Å². The zero-order valence-corrected chi connectivity index (χ0v) is 15.5. The first-order valence-corrected chi connectivity index (χ1v) is 9.93. The van der Waals surface area contributed by atoms with Crippen LogP contribution in [0.15, 0.2) is 36.9 Å². The maximum absolute atomic E-state index is 12.4. The summed E-state index contributed by atoms with van der Waals surface area (Å²) in [5.74, 6) is 0.614. The van der Waals surface area contributed by atoms with Crippen LogP contribution in [0.25, 0.3) is 0 Å². The number of anilines is 1. The van der Waals surface area contributed by atoms with Gasteiger partial charge in [0.05, 0.1) is 25.6 Å². The van der Waals surface area contributed by atoms with E-state index in [1.807, 2.05) is 24.3 Å². The number of piperazine rings is 1. The van der Waals surface area contributed by atoms with Crippen LogP contribution in [0.5, 0.6) is 5.75 Å². The van der Waals surface area contributed by atoms with E-state index in [1.54, 1.807) is 12.0 Å². The standard InChI is InChI=1S/C17H25N3O4S/c1-4-9-20(25(3,22)23)14-17(21)19-12-10-18(11-13-19)15-7-5-6-8-16(15)24-2/h4-8H,1,9-14H2,2-3H3. The van der Waals surface area contributed by atoms with Gasteiger partial charge in [0.1, 0.15) is 5.75 Å². The molecule has 1 amide bonds. The third-order valence-corrected chi connectivity index (χ3v) is 5.39. The summed E-state index contributed by atoms with van der Waals surface area (Å²) in [6.07, 6.45) is 2.58. The Morgan fingerprint density at radius 1 is 1.28 bits per heavy atom. The normalized spacial score (nSPS) is 15.3. The molecule has 0 aliphatic carbocycles. The van der Waals surface area contributed by atoms with Gasteiger partial charge in [0, 0.05) is 32.7 Å². The van der Waals surface area contributed by atoms with Crippen LogP contribution in [0, 0.1) is 0 Å². The maximum atomic E-state index is 12.4. The summed E-state index contributed by atoms with van der Waals surface area (Å²) in [5, 5.41) is 0. The smallest absolute Gasteiger partial charge is 0.238 e. The molecule has 2 rings (SSSR count). The fraction of sp³-hybridized carbons (Fsp3) is 0.471. The number of methoxy groups -OCH3 is 1. The van der Waals surface area contributed by atoms with Gasteiger partial charge in [-0.15, -0.1) is 6.58 Å². The quantitative estimate of drug-likeness (QED) is 0.667. The number of nitrogens with zero attached hydrogens (tertiary/aromatic N) is 3. The number of carbonyl (C=O) groups is 1. The average Bonchev–Trinajstić information content (AvgIpc) is 2.60. The Kier molecular flexibility index (Phi) is 6.44. The molecule has 1 aliphatic heterocycles. The Balaban J connectivity index is 1.97. The molecule has 8 heteroatoms. The van der Waals surface area contributed by atoms with E-state index in [-0.39, 0.29) is 19.0 Å². The summed E-state index contributed by atoms with van der Waals surface area (Å²) in [6, 6.07) is 7.77. The van der Waals surface area contributed by atoms with Crippen LogP contribution >= 0.6 is 0 Å². The van der Waals surface area contributed by atoms with Crippen molar-refractivity contribution in [3.8, 4) is 5.75 Å². The van der Waals surface area contributed by atoms with Crippen molar-refractivity contribution >= 4 is 21.6 Å². The minimum Gasteiger partial charge on any atom is -0.495 e. The highest BCUT2D eigenvalue weighted by atomic mass is 32.2. The SMILES string of the molecule is C=CCN(CC(=O)N1CCN(c2ccccc2OC)CC1)S(C)(=O)=O. The van der Waals surface area contributed by atoms with Crippen molar-refractivity contribution in [2.24, 2.45) is 0 Å². The molecule has 1 aromatic carbocycles.